The lowest BCUT2D eigenvalue weighted by molar-refractivity contribution is -0.140. The van der Waals surface area contributed by atoms with Crippen molar-refractivity contribution in [2.24, 2.45) is 5.92 Å². The highest BCUT2D eigenvalue weighted by molar-refractivity contribution is 5.73. The van der Waals surface area contributed by atoms with E-state index in [4.69, 9.17) is 10.4 Å². The van der Waals surface area contributed by atoms with Gasteiger partial charge in [0.25, 0.3) is 0 Å². The standard InChI is InChI=1S/C9H16N2O2/c1-3-7(2)8(9(12)13)11-6-4-5-10/h7-8,11H,3-4,6H2,1-2H3,(H,12,13)/t7-,8-/m1/s1. The second kappa shape index (κ2) is 6.44. The summed E-state index contributed by atoms with van der Waals surface area (Å²) in [4.78, 5) is 10.7. The molecule has 0 saturated heterocycles. The van der Waals surface area contributed by atoms with Crippen LogP contribution in [0.2, 0.25) is 0 Å². The molecular weight excluding hydrogens is 168 g/mol. The van der Waals surface area contributed by atoms with Gasteiger partial charge in [0.2, 0.25) is 0 Å². The third-order valence-electron chi connectivity index (χ3n) is 2.08. The zero-order valence-corrected chi connectivity index (χ0v) is 8.08. The van der Waals surface area contributed by atoms with Crippen LogP contribution in [0.3, 0.4) is 0 Å². The van der Waals surface area contributed by atoms with E-state index in [1.165, 1.54) is 0 Å². The molecule has 0 bridgehead atoms. The summed E-state index contributed by atoms with van der Waals surface area (Å²) in [5.74, 6) is -0.747. The number of carboxylic acids is 1. The van der Waals surface area contributed by atoms with Crippen LogP contribution in [0, 0.1) is 17.2 Å². The first kappa shape index (κ1) is 11.9. The Bertz CT molecular complexity index is 198. The van der Waals surface area contributed by atoms with Gasteiger partial charge in [0, 0.05) is 13.0 Å². The fraction of sp³-hybridized carbons (Fsp3) is 0.778. The molecule has 74 valence electrons. The maximum Gasteiger partial charge on any atom is 0.320 e. The quantitative estimate of drug-likeness (QED) is 0.604. The predicted molar refractivity (Wildman–Crippen MR) is 49.1 cm³/mol. The summed E-state index contributed by atoms with van der Waals surface area (Å²) >= 11 is 0. The molecule has 0 heterocycles. The number of hydrogen-bond acceptors (Lipinski definition) is 3. The summed E-state index contributed by atoms with van der Waals surface area (Å²) in [5.41, 5.74) is 0. The van der Waals surface area contributed by atoms with Gasteiger partial charge in [-0.25, -0.2) is 0 Å². The SMILES string of the molecule is CC[C@@H](C)[C@@H](NCCC#N)C(=O)O. The van der Waals surface area contributed by atoms with Gasteiger partial charge in [-0.1, -0.05) is 20.3 Å². The van der Waals surface area contributed by atoms with Crippen molar-refractivity contribution in [1.29, 1.82) is 5.26 Å². The van der Waals surface area contributed by atoms with Crippen molar-refractivity contribution in [1.82, 2.24) is 5.32 Å². The maximum atomic E-state index is 10.7. The van der Waals surface area contributed by atoms with Gasteiger partial charge in [-0.15, -0.1) is 0 Å². The maximum absolute atomic E-state index is 10.7. The number of nitriles is 1. The van der Waals surface area contributed by atoms with Crippen LogP contribution >= 0.6 is 0 Å². The van der Waals surface area contributed by atoms with Gasteiger partial charge in [-0.2, -0.15) is 5.26 Å². The van der Waals surface area contributed by atoms with Crippen LogP contribution in [-0.4, -0.2) is 23.7 Å². The summed E-state index contributed by atoms with van der Waals surface area (Å²) in [6, 6.07) is 1.43. The molecular formula is C9H16N2O2. The van der Waals surface area contributed by atoms with Crippen molar-refractivity contribution in [3.8, 4) is 6.07 Å². The van der Waals surface area contributed by atoms with Gasteiger partial charge in [0.05, 0.1) is 6.07 Å². The molecule has 4 nitrogen and oxygen atoms in total. The van der Waals surface area contributed by atoms with Gasteiger partial charge in [0.1, 0.15) is 6.04 Å². The van der Waals surface area contributed by atoms with Gasteiger partial charge in [-0.05, 0) is 5.92 Å². The summed E-state index contributed by atoms with van der Waals surface area (Å²) in [6.45, 7) is 4.28. The zero-order chi connectivity index (χ0) is 10.3. The van der Waals surface area contributed by atoms with Crippen LogP contribution in [0.25, 0.3) is 0 Å². The number of aliphatic carboxylic acids is 1. The Morgan fingerprint density at radius 2 is 2.31 bits per heavy atom. The van der Waals surface area contributed by atoms with E-state index < -0.39 is 12.0 Å². The molecule has 0 saturated carbocycles. The Labute approximate surface area is 78.6 Å². The minimum Gasteiger partial charge on any atom is -0.480 e. The molecule has 0 aromatic rings. The summed E-state index contributed by atoms with van der Waals surface area (Å²) in [6.07, 6.45) is 1.16. The van der Waals surface area contributed by atoms with E-state index in [2.05, 4.69) is 5.32 Å². The van der Waals surface area contributed by atoms with Crippen molar-refractivity contribution in [2.75, 3.05) is 6.54 Å². The first-order valence-electron chi connectivity index (χ1n) is 4.46. The van der Waals surface area contributed by atoms with E-state index in [-0.39, 0.29) is 5.92 Å². The fourth-order valence-corrected chi connectivity index (χ4v) is 1.05. The Hall–Kier alpha value is -1.08. The van der Waals surface area contributed by atoms with E-state index in [0.29, 0.717) is 13.0 Å². The Balaban J connectivity index is 3.96. The average Bonchev–Trinajstić information content (AvgIpc) is 2.11. The number of nitrogens with zero attached hydrogens (tertiary/aromatic N) is 1. The second-order valence-corrected chi connectivity index (χ2v) is 3.06. The molecule has 0 aliphatic rings. The van der Waals surface area contributed by atoms with Gasteiger partial charge >= 0.3 is 5.97 Å². The Kier molecular flexibility index (Phi) is 5.90. The summed E-state index contributed by atoms with van der Waals surface area (Å²) in [5, 5.41) is 20.0. The lowest BCUT2D eigenvalue weighted by Crippen LogP contribution is -2.42. The number of carboxylic acid groups (broad SMARTS) is 1. The molecule has 0 aliphatic carbocycles. The van der Waals surface area contributed by atoms with E-state index in [1.807, 2.05) is 19.9 Å². The summed E-state index contributed by atoms with van der Waals surface area (Å²) in [7, 11) is 0. The van der Waals surface area contributed by atoms with Crippen LogP contribution in [0.15, 0.2) is 0 Å². The van der Waals surface area contributed by atoms with Crippen molar-refractivity contribution in [3.05, 3.63) is 0 Å². The molecule has 0 spiro atoms. The highest BCUT2D eigenvalue weighted by Crippen LogP contribution is 2.07. The molecule has 13 heavy (non-hydrogen) atoms. The molecule has 2 atom stereocenters. The van der Waals surface area contributed by atoms with E-state index in [0.717, 1.165) is 6.42 Å². The van der Waals surface area contributed by atoms with E-state index >= 15 is 0 Å². The van der Waals surface area contributed by atoms with Crippen molar-refractivity contribution in [3.63, 3.8) is 0 Å². The molecule has 2 N–H and O–H groups in total. The normalized spacial score (nSPS) is 14.5. The molecule has 0 aromatic heterocycles. The Morgan fingerprint density at radius 1 is 1.69 bits per heavy atom. The number of carbonyl (C=O) groups is 1. The third-order valence-corrected chi connectivity index (χ3v) is 2.08. The smallest absolute Gasteiger partial charge is 0.320 e. The molecule has 0 unspecified atom stereocenters. The number of rotatable bonds is 6. The van der Waals surface area contributed by atoms with Crippen molar-refractivity contribution in [2.45, 2.75) is 32.7 Å². The van der Waals surface area contributed by atoms with E-state index in [9.17, 15) is 4.79 Å². The first-order chi connectivity index (χ1) is 6.13. The molecule has 0 amide bonds. The van der Waals surface area contributed by atoms with Crippen LogP contribution in [0.4, 0.5) is 0 Å². The first-order valence-corrected chi connectivity index (χ1v) is 4.46. The highest BCUT2D eigenvalue weighted by atomic mass is 16.4. The highest BCUT2D eigenvalue weighted by Gasteiger charge is 2.21. The zero-order valence-electron chi connectivity index (χ0n) is 8.08. The lowest BCUT2D eigenvalue weighted by Gasteiger charge is -2.19. The van der Waals surface area contributed by atoms with Gasteiger partial charge in [0.15, 0.2) is 0 Å². The minimum absolute atomic E-state index is 0.0937. The number of nitrogens with one attached hydrogen (secondary N) is 1. The molecule has 4 heteroatoms. The van der Waals surface area contributed by atoms with E-state index in [1.54, 1.807) is 0 Å². The third kappa shape index (κ3) is 4.48. The van der Waals surface area contributed by atoms with Gasteiger partial charge < -0.3 is 10.4 Å². The predicted octanol–water partition coefficient (Wildman–Crippen LogP) is 0.989. The van der Waals surface area contributed by atoms with Crippen molar-refractivity contribution >= 4 is 5.97 Å². The fourth-order valence-electron chi connectivity index (χ4n) is 1.05. The van der Waals surface area contributed by atoms with Crippen LogP contribution < -0.4 is 5.32 Å². The second-order valence-electron chi connectivity index (χ2n) is 3.06. The summed E-state index contributed by atoms with van der Waals surface area (Å²) < 4.78 is 0. The van der Waals surface area contributed by atoms with Crippen LogP contribution in [-0.2, 0) is 4.79 Å². The van der Waals surface area contributed by atoms with Crippen molar-refractivity contribution < 1.29 is 9.90 Å². The molecule has 0 radical (unpaired) electrons. The number of hydrogen-bond donors (Lipinski definition) is 2. The molecule has 0 aliphatic heterocycles. The molecule has 0 aromatic carbocycles. The largest absolute Gasteiger partial charge is 0.480 e. The average molecular weight is 184 g/mol. The molecule has 0 fully saturated rings. The Morgan fingerprint density at radius 3 is 2.69 bits per heavy atom. The van der Waals surface area contributed by atoms with Crippen LogP contribution in [0.1, 0.15) is 26.7 Å². The van der Waals surface area contributed by atoms with Crippen LogP contribution in [0.5, 0.6) is 0 Å². The lowest BCUT2D eigenvalue weighted by atomic mass is 9.99. The minimum atomic E-state index is -0.840. The van der Waals surface area contributed by atoms with Gasteiger partial charge in [-0.3, -0.25) is 4.79 Å². The topological polar surface area (TPSA) is 73.1 Å². The molecule has 0 rings (SSSR count). The monoisotopic (exact) mass is 184 g/mol.